The summed E-state index contributed by atoms with van der Waals surface area (Å²) in [4.78, 5) is 11.7. The van der Waals surface area contributed by atoms with Gasteiger partial charge in [0, 0.05) is 49.5 Å². The molecule has 0 bridgehead atoms. The molecule has 0 spiro atoms. The van der Waals surface area contributed by atoms with Crippen molar-refractivity contribution in [2.45, 2.75) is 71.1 Å². The number of hydrazone groups is 1. The first-order chi connectivity index (χ1) is 17.1. The van der Waals surface area contributed by atoms with Crippen molar-refractivity contribution in [2.24, 2.45) is 5.10 Å². The topological polar surface area (TPSA) is 94.9 Å². The molecule has 8 nitrogen and oxygen atoms in total. The van der Waals surface area contributed by atoms with E-state index in [2.05, 4.69) is 51.8 Å². The molecule has 1 aliphatic carbocycles. The van der Waals surface area contributed by atoms with Crippen molar-refractivity contribution in [3.8, 4) is 0 Å². The molecule has 1 aliphatic heterocycles. The highest BCUT2D eigenvalue weighted by Gasteiger charge is 2.20. The maximum atomic E-state index is 9.85. The maximum absolute atomic E-state index is 9.85. The molecule has 2 aromatic rings. The smallest absolute Gasteiger partial charge is 0.222 e. The molecule has 2 aliphatic rings. The number of rotatable bonds is 10. The number of aryl methyl sites for hydroxylation is 1. The first kappa shape index (κ1) is 25.5. The number of nitrogens with one attached hydrogen (secondary N) is 2. The lowest BCUT2D eigenvalue weighted by Gasteiger charge is -2.26. The number of hydrogen-bond donors (Lipinski definition) is 3. The molecule has 1 aromatic heterocycles. The van der Waals surface area contributed by atoms with Crippen molar-refractivity contribution in [3.05, 3.63) is 52.8 Å². The molecule has 2 heterocycles. The Morgan fingerprint density at radius 2 is 1.89 bits per heavy atom. The van der Waals surface area contributed by atoms with E-state index in [4.69, 9.17) is 14.8 Å². The van der Waals surface area contributed by atoms with E-state index in [1.807, 2.05) is 13.1 Å². The lowest BCUT2D eigenvalue weighted by atomic mass is 9.94. The Morgan fingerprint density at radius 3 is 2.57 bits per heavy atom. The lowest BCUT2D eigenvalue weighted by molar-refractivity contribution is 0.0342. The SMILES string of the molecule is CCCCNc1ncc(/C(=N\NC2CCC(O)CC2)c2ccc(CN3CCOCC3)cc2)c(C)n1. The zero-order valence-electron chi connectivity index (χ0n) is 21.2. The summed E-state index contributed by atoms with van der Waals surface area (Å²) in [7, 11) is 0. The number of ether oxygens (including phenoxy) is 1. The number of aliphatic hydroxyl groups excluding tert-OH is 1. The zero-order chi connectivity index (χ0) is 24.5. The normalized spacial score (nSPS) is 21.6. The first-order valence-electron chi connectivity index (χ1n) is 13.1. The van der Waals surface area contributed by atoms with E-state index in [9.17, 15) is 5.11 Å². The number of morpholine rings is 1. The minimum Gasteiger partial charge on any atom is -0.393 e. The number of hydrogen-bond acceptors (Lipinski definition) is 8. The molecule has 0 atom stereocenters. The Labute approximate surface area is 209 Å². The van der Waals surface area contributed by atoms with Crippen LogP contribution in [-0.2, 0) is 11.3 Å². The number of aliphatic hydroxyl groups is 1. The Hall–Kier alpha value is -2.55. The number of anilines is 1. The average Bonchev–Trinajstić information content (AvgIpc) is 2.88. The van der Waals surface area contributed by atoms with Crippen molar-refractivity contribution in [2.75, 3.05) is 38.2 Å². The van der Waals surface area contributed by atoms with Gasteiger partial charge in [-0.05, 0) is 44.6 Å². The highest BCUT2D eigenvalue weighted by atomic mass is 16.5. The first-order valence-corrected chi connectivity index (χ1v) is 13.1. The molecule has 3 N–H and O–H groups in total. The fourth-order valence-corrected chi connectivity index (χ4v) is 4.59. The third kappa shape index (κ3) is 7.46. The van der Waals surface area contributed by atoms with Crippen LogP contribution in [0.5, 0.6) is 0 Å². The molecule has 1 saturated heterocycles. The van der Waals surface area contributed by atoms with Gasteiger partial charge in [-0.15, -0.1) is 0 Å². The van der Waals surface area contributed by atoms with Gasteiger partial charge in [0.1, 0.15) is 5.71 Å². The number of nitrogens with zero attached hydrogens (tertiary/aromatic N) is 4. The van der Waals surface area contributed by atoms with Gasteiger partial charge in [-0.25, -0.2) is 9.97 Å². The summed E-state index contributed by atoms with van der Waals surface area (Å²) in [6.45, 7) is 9.55. The monoisotopic (exact) mass is 480 g/mol. The van der Waals surface area contributed by atoms with Gasteiger partial charge in [-0.1, -0.05) is 37.6 Å². The van der Waals surface area contributed by atoms with Crippen LogP contribution in [0.15, 0.2) is 35.6 Å². The third-order valence-electron chi connectivity index (χ3n) is 6.84. The maximum Gasteiger partial charge on any atom is 0.222 e. The number of aromatic nitrogens is 2. The van der Waals surface area contributed by atoms with E-state index in [0.717, 1.165) is 100 Å². The second-order valence-electron chi connectivity index (χ2n) is 9.65. The fourth-order valence-electron chi connectivity index (χ4n) is 4.59. The lowest BCUT2D eigenvalue weighted by Crippen LogP contribution is -2.35. The summed E-state index contributed by atoms with van der Waals surface area (Å²) >= 11 is 0. The molecule has 190 valence electrons. The Kier molecular flexibility index (Phi) is 9.45. The summed E-state index contributed by atoms with van der Waals surface area (Å²) in [6.07, 6.45) is 7.40. The van der Waals surface area contributed by atoms with Crippen LogP contribution in [0.25, 0.3) is 0 Å². The predicted molar refractivity (Wildman–Crippen MR) is 140 cm³/mol. The van der Waals surface area contributed by atoms with Crippen LogP contribution in [0.3, 0.4) is 0 Å². The molecule has 1 aromatic carbocycles. The predicted octanol–water partition coefficient (Wildman–Crippen LogP) is 3.47. The molecule has 0 amide bonds. The minimum atomic E-state index is -0.182. The summed E-state index contributed by atoms with van der Waals surface area (Å²) in [5.74, 6) is 0.661. The average molecular weight is 481 g/mol. The fraction of sp³-hybridized carbons (Fsp3) is 0.593. The van der Waals surface area contributed by atoms with Gasteiger partial charge in [0.2, 0.25) is 5.95 Å². The van der Waals surface area contributed by atoms with Gasteiger partial charge in [0.25, 0.3) is 0 Å². The van der Waals surface area contributed by atoms with E-state index in [-0.39, 0.29) is 12.1 Å². The molecule has 35 heavy (non-hydrogen) atoms. The second-order valence-corrected chi connectivity index (χ2v) is 9.65. The molecule has 4 rings (SSSR count). The molecule has 1 saturated carbocycles. The Balaban J connectivity index is 1.53. The zero-order valence-corrected chi connectivity index (χ0v) is 21.2. The van der Waals surface area contributed by atoms with Crippen LogP contribution >= 0.6 is 0 Å². The highest BCUT2D eigenvalue weighted by molar-refractivity contribution is 6.13. The van der Waals surface area contributed by atoms with Gasteiger partial charge in [-0.3, -0.25) is 4.90 Å². The number of benzene rings is 1. The van der Waals surface area contributed by atoms with Crippen molar-refractivity contribution >= 4 is 11.7 Å². The van der Waals surface area contributed by atoms with Gasteiger partial charge < -0.3 is 20.6 Å². The summed E-state index contributed by atoms with van der Waals surface area (Å²) < 4.78 is 5.47. The molecule has 0 unspecified atom stereocenters. The van der Waals surface area contributed by atoms with Gasteiger partial charge in [-0.2, -0.15) is 5.10 Å². The molecule has 8 heteroatoms. The van der Waals surface area contributed by atoms with Gasteiger partial charge in [0.05, 0.1) is 25.0 Å². The Morgan fingerprint density at radius 1 is 1.14 bits per heavy atom. The van der Waals surface area contributed by atoms with Crippen LogP contribution in [0.1, 0.15) is 67.8 Å². The summed E-state index contributed by atoms with van der Waals surface area (Å²) in [5.41, 5.74) is 8.39. The second kappa shape index (κ2) is 13.0. The van der Waals surface area contributed by atoms with Crippen LogP contribution in [0.2, 0.25) is 0 Å². The van der Waals surface area contributed by atoms with Crippen molar-refractivity contribution in [1.82, 2.24) is 20.3 Å². The van der Waals surface area contributed by atoms with Crippen molar-refractivity contribution in [3.63, 3.8) is 0 Å². The van der Waals surface area contributed by atoms with Crippen molar-refractivity contribution in [1.29, 1.82) is 0 Å². The third-order valence-corrected chi connectivity index (χ3v) is 6.84. The van der Waals surface area contributed by atoms with E-state index in [1.165, 1.54) is 5.56 Å². The van der Waals surface area contributed by atoms with Crippen molar-refractivity contribution < 1.29 is 9.84 Å². The highest BCUT2D eigenvalue weighted by Crippen LogP contribution is 2.20. The van der Waals surface area contributed by atoms with E-state index >= 15 is 0 Å². The number of unbranched alkanes of at least 4 members (excludes halogenated alkanes) is 1. The van der Waals surface area contributed by atoms with Crippen LogP contribution in [0.4, 0.5) is 5.95 Å². The van der Waals surface area contributed by atoms with E-state index < -0.39 is 0 Å². The standard InChI is InChI=1S/C27H40N6O2/c1-3-4-13-28-27-29-18-25(20(2)30-27)26(32-31-23-9-11-24(34)12-10-23)22-7-5-21(6-8-22)19-33-14-16-35-17-15-33/h5-8,18,23-24,31,34H,3-4,9-17,19H2,1-2H3,(H,28,29,30)/b32-26-. The van der Waals surface area contributed by atoms with Crippen LogP contribution < -0.4 is 10.7 Å². The quantitative estimate of drug-likeness (QED) is 0.272. The molecular formula is C27H40N6O2. The van der Waals surface area contributed by atoms with Crippen LogP contribution in [-0.4, -0.2) is 70.7 Å². The van der Waals surface area contributed by atoms with Gasteiger partial charge >= 0.3 is 0 Å². The largest absolute Gasteiger partial charge is 0.393 e. The molecular weight excluding hydrogens is 440 g/mol. The van der Waals surface area contributed by atoms with E-state index in [1.54, 1.807) is 0 Å². The van der Waals surface area contributed by atoms with Gasteiger partial charge in [0.15, 0.2) is 0 Å². The molecule has 0 radical (unpaired) electrons. The van der Waals surface area contributed by atoms with Crippen LogP contribution in [0, 0.1) is 6.92 Å². The minimum absolute atomic E-state index is 0.182. The summed E-state index contributed by atoms with van der Waals surface area (Å²) in [5, 5.41) is 18.0. The van der Waals surface area contributed by atoms with E-state index in [0.29, 0.717) is 5.95 Å². The molecule has 2 fully saturated rings. The Bertz CT molecular complexity index is 951. The summed E-state index contributed by atoms with van der Waals surface area (Å²) in [6, 6.07) is 8.94.